The van der Waals surface area contributed by atoms with Crippen LogP contribution in [0, 0.1) is 0 Å². The monoisotopic (exact) mass is 356 g/mol. The third kappa shape index (κ3) is 4.71. The van der Waals surface area contributed by atoms with Crippen molar-refractivity contribution in [1.29, 1.82) is 0 Å². The van der Waals surface area contributed by atoms with Gasteiger partial charge in [-0.25, -0.2) is 4.98 Å². The summed E-state index contributed by atoms with van der Waals surface area (Å²) < 4.78 is 1.84. The zero-order chi connectivity index (χ0) is 19.3. The summed E-state index contributed by atoms with van der Waals surface area (Å²) in [4.78, 5) is 21.8. The van der Waals surface area contributed by atoms with Crippen molar-refractivity contribution >= 4 is 17.3 Å². The van der Waals surface area contributed by atoms with E-state index in [-0.39, 0.29) is 12.5 Å². The van der Waals surface area contributed by atoms with Gasteiger partial charge in [-0.3, -0.25) is 4.79 Å². The van der Waals surface area contributed by atoms with E-state index in [0.29, 0.717) is 23.4 Å². The van der Waals surface area contributed by atoms with Gasteiger partial charge < -0.3 is 14.7 Å². The number of aryl methyl sites for hydroxylation is 1. The molecule has 0 radical (unpaired) electrons. The molecule has 26 heavy (non-hydrogen) atoms. The van der Waals surface area contributed by atoms with Crippen LogP contribution in [0.4, 0.5) is 5.69 Å². The van der Waals surface area contributed by atoms with Crippen LogP contribution < -0.4 is 5.32 Å². The van der Waals surface area contributed by atoms with Crippen LogP contribution in [-0.2, 0) is 16.7 Å². The highest BCUT2D eigenvalue weighted by atomic mass is 16.6. The van der Waals surface area contributed by atoms with Crippen molar-refractivity contribution < 1.29 is 9.63 Å². The first kappa shape index (κ1) is 19.7. The number of nitrogens with one attached hydrogen (secondary N) is 1. The van der Waals surface area contributed by atoms with Gasteiger partial charge in [-0.15, -0.1) is 0 Å². The molecule has 2 aromatic rings. The van der Waals surface area contributed by atoms with Gasteiger partial charge in [-0.05, 0) is 29.9 Å². The summed E-state index contributed by atoms with van der Waals surface area (Å²) in [7, 11) is 1.88. The summed E-state index contributed by atoms with van der Waals surface area (Å²) in [5.74, 6) is 1.11. The SMILES string of the molecule is CC(=NOCC(=O)Nc1c(C(C)C)cccc1C(C)C)c1nccn1C. The molecule has 1 N–H and O–H groups in total. The zero-order valence-corrected chi connectivity index (χ0v) is 16.4. The number of carbonyl (C=O) groups is 1. The number of oxime groups is 1. The second kappa shape index (κ2) is 8.65. The van der Waals surface area contributed by atoms with E-state index in [0.717, 1.165) is 16.8 Å². The Labute approximate surface area is 155 Å². The summed E-state index contributed by atoms with van der Waals surface area (Å²) in [6.07, 6.45) is 3.52. The third-order valence-corrected chi connectivity index (χ3v) is 4.18. The predicted octanol–water partition coefficient (Wildman–Crippen LogP) is 4.05. The highest BCUT2D eigenvalue weighted by molar-refractivity contribution is 5.95. The van der Waals surface area contributed by atoms with Crippen molar-refractivity contribution in [1.82, 2.24) is 9.55 Å². The van der Waals surface area contributed by atoms with Gasteiger partial charge in [-0.1, -0.05) is 51.0 Å². The lowest BCUT2D eigenvalue weighted by Gasteiger charge is -2.20. The lowest BCUT2D eigenvalue weighted by molar-refractivity contribution is -0.120. The van der Waals surface area contributed by atoms with Crippen molar-refractivity contribution in [2.24, 2.45) is 12.2 Å². The molecule has 0 atom stereocenters. The molecule has 6 nitrogen and oxygen atoms in total. The Kier molecular flexibility index (Phi) is 6.55. The fourth-order valence-electron chi connectivity index (χ4n) is 2.81. The number of anilines is 1. The van der Waals surface area contributed by atoms with E-state index in [1.807, 2.05) is 23.9 Å². The molecular formula is C20H28N4O2. The zero-order valence-electron chi connectivity index (χ0n) is 16.4. The van der Waals surface area contributed by atoms with Crippen molar-refractivity contribution in [2.75, 3.05) is 11.9 Å². The van der Waals surface area contributed by atoms with Crippen molar-refractivity contribution in [3.63, 3.8) is 0 Å². The molecular weight excluding hydrogens is 328 g/mol. The van der Waals surface area contributed by atoms with E-state index in [1.54, 1.807) is 13.1 Å². The van der Waals surface area contributed by atoms with Crippen molar-refractivity contribution in [3.05, 3.63) is 47.5 Å². The van der Waals surface area contributed by atoms with Gasteiger partial charge in [0, 0.05) is 25.1 Å². The number of imidazole rings is 1. The molecule has 0 bridgehead atoms. The van der Waals surface area contributed by atoms with Crippen LogP contribution in [0.3, 0.4) is 0 Å². The largest absolute Gasteiger partial charge is 0.385 e. The van der Waals surface area contributed by atoms with Gasteiger partial charge in [0.2, 0.25) is 0 Å². The number of hydrogen-bond acceptors (Lipinski definition) is 4. The Morgan fingerprint density at radius 1 is 1.23 bits per heavy atom. The minimum absolute atomic E-state index is 0.147. The third-order valence-electron chi connectivity index (χ3n) is 4.18. The first-order chi connectivity index (χ1) is 12.3. The average Bonchev–Trinajstić information content (AvgIpc) is 3.00. The lowest BCUT2D eigenvalue weighted by Crippen LogP contribution is -2.20. The second-order valence-corrected chi connectivity index (χ2v) is 6.98. The van der Waals surface area contributed by atoms with Gasteiger partial charge in [0.05, 0.1) is 0 Å². The van der Waals surface area contributed by atoms with Crippen LogP contribution in [0.5, 0.6) is 0 Å². The molecule has 0 aliphatic rings. The fraction of sp³-hybridized carbons (Fsp3) is 0.450. The molecule has 1 aromatic carbocycles. The number of amides is 1. The highest BCUT2D eigenvalue weighted by Gasteiger charge is 2.16. The molecule has 2 rings (SSSR count). The molecule has 140 valence electrons. The predicted molar refractivity (Wildman–Crippen MR) is 105 cm³/mol. The van der Waals surface area contributed by atoms with Crippen molar-refractivity contribution in [3.8, 4) is 0 Å². The van der Waals surface area contributed by atoms with Crippen LogP contribution in [0.2, 0.25) is 0 Å². The number of rotatable bonds is 7. The van der Waals surface area contributed by atoms with Crippen LogP contribution in [0.1, 0.15) is 63.4 Å². The summed E-state index contributed by atoms with van der Waals surface area (Å²) >= 11 is 0. The second-order valence-electron chi connectivity index (χ2n) is 6.98. The number of carbonyl (C=O) groups excluding carboxylic acids is 1. The smallest absolute Gasteiger partial charge is 0.265 e. The maximum absolute atomic E-state index is 12.4. The van der Waals surface area contributed by atoms with Gasteiger partial charge in [-0.2, -0.15) is 0 Å². The van der Waals surface area contributed by atoms with Crippen LogP contribution in [-0.4, -0.2) is 27.8 Å². The van der Waals surface area contributed by atoms with E-state index in [4.69, 9.17) is 4.84 Å². The van der Waals surface area contributed by atoms with Crippen LogP contribution >= 0.6 is 0 Å². The van der Waals surface area contributed by atoms with E-state index in [9.17, 15) is 4.79 Å². The first-order valence-electron chi connectivity index (χ1n) is 8.88. The Morgan fingerprint density at radius 3 is 2.35 bits per heavy atom. The van der Waals surface area contributed by atoms with Gasteiger partial charge in [0.25, 0.3) is 5.91 Å². The van der Waals surface area contributed by atoms with Crippen LogP contribution in [0.15, 0.2) is 35.7 Å². The molecule has 0 saturated heterocycles. The van der Waals surface area contributed by atoms with E-state index in [2.05, 4.69) is 55.3 Å². The molecule has 0 aliphatic heterocycles. The normalized spacial score (nSPS) is 11.9. The van der Waals surface area contributed by atoms with Gasteiger partial charge in [0.1, 0.15) is 5.71 Å². The summed E-state index contributed by atoms with van der Waals surface area (Å²) in [6.45, 7) is 10.1. The standard InChI is InChI=1S/C20H28N4O2/c1-13(2)16-8-7-9-17(14(3)4)19(16)22-18(25)12-26-23-15(5)20-21-10-11-24(20)6/h7-11,13-14H,12H2,1-6H3,(H,22,25). The Bertz CT molecular complexity index is 765. The molecule has 1 heterocycles. The molecule has 1 amide bonds. The fourth-order valence-corrected chi connectivity index (χ4v) is 2.81. The summed E-state index contributed by atoms with van der Waals surface area (Å²) in [5, 5.41) is 7.00. The molecule has 0 fully saturated rings. The van der Waals surface area contributed by atoms with Crippen LogP contribution in [0.25, 0.3) is 0 Å². The summed E-state index contributed by atoms with van der Waals surface area (Å²) in [5.41, 5.74) is 3.75. The molecule has 0 aliphatic carbocycles. The number of nitrogens with zero attached hydrogens (tertiary/aromatic N) is 3. The van der Waals surface area contributed by atoms with Gasteiger partial charge in [0.15, 0.2) is 12.4 Å². The Balaban J connectivity index is 2.07. The average molecular weight is 356 g/mol. The quantitative estimate of drug-likeness (QED) is 0.601. The molecule has 1 aromatic heterocycles. The maximum atomic E-state index is 12.4. The van der Waals surface area contributed by atoms with Crippen molar-refractivity contribution in [2.45, 2.75) is 46.5 Å². The Morgan fingerprint density at radius 2 is 1.85 bits per heavy atom. The highest BCUT2D eigenvalue weighted by Crippen LogP contribution is 2.32. The first-order valence-corrected chi connectivity index (χ1v) is 8.88. The maximum Gasteiger partial charge on any atom is 0.265 e. The van der Waals surface area contributed by atoms with E-state index < -0.39 is 0 Å². The van der Waals surface area contributed by atoms with E-state index in [1.165, 1.54) is 0 Å². The number of hydrogen-bond donors (Lipinski definition) is 1. The summed E-state index contributed by atoms with van der Waals surface area (Å²) in [6, 6.07) is 6.14. The lowest BCUT2D eigenvalue weighted by atomic mass is 9.92. The molecule has 0 saturated carbocycles. The molecule has 6 heteroatoms. The number of para-hydroxylation sites is 1. The molecule has 0 unspecified atom stereocenters. The van der Waals surface area contributed by atoms with Gasteiger partial charge >= 0.3 is 0 Å². The van der Waals surface area contributed by atoms with E-state index >= 15 is 0 Å². The molecule has 0 spiro atoms. The minimum atomic E-state index is -0.226. The topological polar surface area (TPSA) is 68.5 Å². The number of benzene rings is 1. The Hall–Kier alpha value is -2.63. The minimum Gasteiger partial charge on any atom is -0.385 e. The number of aromatic nitrogens is 2.